The zero-order valence-electron chi connectivity index (χ0n) is 14.3. The van der Waals surface area contributed by atoms with Crippen molar-refractivity contribution < 1.29 is 9.18 Å². The summed E-state index contributed by atoms with van der Waals surface area (Å²) < 4.78 is 15.3. The summed E-state index contributed by atoms with van der Waals surface area (Å²) in [6, 6.07) is 11.3. The molecule has 140 valence electrons. The van der Waals surface area contributed by atoms with Gasteiger partial charge in [-0.3, -0.25) is 14.2 Å². The number of carbonyl (C=O) groups is 1. The smallest absolute Gasteiger partial charge is 0.308 e. The Labute approximate surface area is 169 Å². The topological polar surface area (TPSA) is 51.1 Å². The zero-order chi connectivity index (χ0) is 19.6. The zero-order valence-corrected chi connectivity index (χ0v) is 16.6. The van der Waals surface area contributed by atoms with E-state index >= 15 is 0 Å². The first-order valence-corrected chi connectivity index (χ1v) is 9.60. The molecule has 8 heteroatoms. The molecule has 1 heterocycles. The fourth-order valence-corrected chi connectivity index (χ4v) is 3.81. The maximum Gasteiger partial charge on any atom is 0.308 e. The lowest BCUT2D eigenvalue weighted by Gasteiger charge is -2.08. The van der Waals surface area contributed by atoms with Crippen LogP contribution in [0.4, 0.5) is 4.39 Å². The Bertz CT molecular complexity index is 1060. The van der Waals surface area contributed by atoms with E-state index in [1.165, 1.54) is 10.6 Å². The Morgan fingerprint density at radius 2 is 1.93 bits per heavy atom. The van der Waals surface area contributed by atoms with Crippen molar-refractivity contribution in [3.8, 4) is 0 Å². The van der Waals surface area contributed by atoms with E-state index in [2.05, 4.69) is 5.32 Å². The number of thiazole rings is 1. The molecule has 0 saturated carbocycles. The highest BCUT2D eigenvalue weighted by atomic mass is 35.5. The molecule has 4 nitrogen and oxygen atoms in total. The second kappa shape index (κ2) is 8.25. The van der Waals surface area contributed by atoms with Crippen LogP contribution in [0.1, 0.15) is 26.5 Å². The summed E-state index contributed by atoms with van der Waals surface area (Å²) in [6.07, 6.45) is 0. The Kier molecular flexibility index (Phi) is 5.99. The van der Waals surface area contributed by atoms with E-state index in [9.17, 15) is 14.0 Å². The number of rotatable bonds is 5. The van der Waals surface area contributed by atoms with Crippen molar-refractivity contribution in [2.45, 2.75) is 20.0 Å². The maximum atomic E-state index is 13.9. The molecule has 0 fully saturated rings. The number of hydrogen-bond donors (Lipinski definition) is 1. The highest BCUT2D eigenvalue weighted by molar-refractivity contribution is 7.11. The first-order valence-electron chi connectivity index (χ1n) is 8.02. The predicted octanol–water partition coefficient (Wildman–Crippen LogP) is 4.64. The molecule has 0 aliphatic carbocycles. The van der Waals surface area contributed by atoms with Crippen LogP contribution in [0, 0.1) is 12.7 Å². The van der Waals surface area contributed by atoms with Crippen LogP contribution in [0.5, 0.6) is 0 Å². The number of nitrogens with zero attached hydrogens (tertiary/aromatic N) is 1. The maximum absolute atomic E-state index is 13.9. The number of aromatic nitrogens is 1. The molecule has 0 spiro atoms. The molecule has 0 radical (unpaired) electrons. The van der Waals surface area contributed by atoms with Crippen LogP contribution in [0.2, 0.25) is 10.0 Å². The highest BCUT2D eigenvalue weighted by Gasteiger charge is 2.18. The first kappa shape index (κ1) is 19.6. The van der Waals surface area contributed by atoms with Crippen molar-refractivity contribution in [2.24, 2.45) is 0 Å². The van der Waals surface area contributed by atoms with Crippen molar-refractivity contribution in [1.29, 1.82) is 0 Å². The quantitative estimate of drug-likeness (QED) is 0.648. The van der Waals surface area contributed by atoms with E-state index in [4.69, 9.17) is 23.2 Å². The summed E-state index contributed by atoms with van der Waals surface area (Å²) in [4.78, 5) is 24.8. The van der Waals surface area contributed by atoms with Gasteiger partial charge in [-0.05, 0) is 30.7 Å². The molecule has 0 saturated heterocycles. The Morgan fingerprint density at radius 1 is 1.19 bits per heavy atom. The molecule has 0 unspecified atom stereocenters. The summed E-state index contributed by atoms with van der Waals surface area (Å²) in [7, 11) is 0. The molecule has 1 aromatic heterocycles. The van der Waals surface area contributed by atoms with Crippen LogP contribution in [-0.4, -0.2) is 10.5 Å². The molecular weight excluding hydrogens is 410 g/mol. The average Bonchev–Trinajstić information content (AvgIpc) is 2.92. The second-order valence-electron chi connectivity index (χ2n) is 5.89. The second-order valence-corrected chi connectivity index (χ2v) is 7.67. The molecule has 1 amide bonds. The van der Waals surface area contributed by atoms with E-state index in [1.807, 2.05) is 0 Å². The van der Waals surface area contributed by atoms with Crippen LogP contribution in [0.25, 0.3) is 0 Å². The first-order chi connectivity index (χ1) is 12.9. The Balaban J connectivity index is 1.77. The Hall–Kier alpha value is -2.15. The lowest BCUT2D eigenvalue weighted by molar-refractivity contribution is 0.0954. The van der Waals surface area contributed by atoms with Crippen molar-refractivity contribution in [1.82, 2.24) is 9.88 Å². The molecule has 3 aromatic rings. The van der Waals surface area contributed by atoms with Crippen LogP contribution in [0.15, 0.2) is 47.3 Å². The molecule has 0 bridgehead atoms. The van der Waals surface area contributed by atoms with Gasteiger partial charge >= 0.3 is 4.87 Å². The van der Waals surface area contributed by atoms with Gasteiger partial charge in [0, 0.05) is 17.8 Å². The average molecular weight is 425 g/mol. The third kappa shape index (κ3) is 4.40. The highest BCUT2D eigenvalue weighted by Crippen LogP contribution is 2.22. The molecule has 27 heavy (non-hydrogen) atoms. The predicted molar refractivity (Wildman–Crippen MR) is 106 cm³/mol. The molecule has 2 aromatic carbocycles. The van der Waals surface area contributed by atoms with E-state index < -0.39 is 0 Å². The summed E-state index contributed by atoms with van der Waals surface area (Å²) in [5.41, 5.74) is 1.68. The van der Waals surface area contributed by atoms with Crippen molar-refractivity contribution in [3.05, 3.63) is 89.7 Å². The molecule has 1 N–H and O–H groups in total. The molecule has 0 aliphatic rings. The van der Waals surface area contributed by atoms with Crippen molar-refractivity contribution in [2.75, 3.05) is 0 Å². The van der Waals surface area contributed by atoms with E-state index in [0.29, 0.717) is 26.2 Å². The Morgan fingerprint density at radius 3 is 2.63 bits per heavy atom. The summed E-state index contributed by atoms with van der Waals surface area (Å²) >= 11 is 12.7. The number of carbonyl (C=O) groups excluding carboxylic acids is 1. The normalized spacial score (nSPS) is 10.8. The van der Waals surface area contributed by atoms with Gasteiger partial charge in [-0.2, -0.15) is 0 Å². The van der Waals surface area contributed by atoms with Gasteiger partial charge in [-0.25, -0.2) is 4.39 Å². The summed E-state index contributed by atoms with van der Waals surface area (Å²) in [5.74, 6) is -0.756. The standard InChI is InChI=1S/C19H15Cl2FN2O2S/c1-11-17(18(25)23-9-12-6-7-14(20)15(21)8-12)27-19(26)24(11)10-13-4-2-3-5-16(13)22/h2-8H,9-10H2,1H3,(H,23,25). The van der Waals surface area contributed by atoms with Gasteiger partial charge < -0.3 is 5.32 Å². The van der Waals surface area contributed by atoms with Gasteiger partial charge in [-0.15, -0.1) is 0 Å². The third-order valence-corrected chi connectivity index (χ3v) is 5.89. The van der Waals surface area contributed by atoms with Gasteiger partial charge in [-0.1, -0.05) is 58.8 Å². The SMILES string of the molecule is Cc1c(C(=O)NCc2ccc(Cl)c(Cl)c2)sc(=O)n1Cc1ccccc1F. The monoisotopic (exact) mass is 424 g/mol. The number of halogens is 3. The lowest BCUT2D eigenvalue weighted by Crippen LogP contribution is -2.23. The van der Waals surface area contributed by atoms with Crippen LogP contribution in [-0.2, 0) is 13.1 Å². The fourth-order valence-electron chi connectivity index (χ4n) is 2.58. The third-order valence-electron chi connectivity index (χ3n) is 4.07. The number of nitrogens with one attached hydrogen (secondary N) is 1. The van der Waals surface area contributed by atoms with Gasteiger partial charge in [0.25, 0.3) is 5.91 Å². The van der Waals surface area contributed by atoms with Crippen LogP contribution >= 0.6 is 34.5 Å². The van der Waals surface area contributed by atoms with Gasteiger partial charge in [0.2, 0.25) is 0 Å². The molecule has 0 aliphatic heterocycles. The van der Waals surface area contributed by atoms with Crippen LogP contribution in [0.3, 0.4) is 0 Å². The fraction of sp³-hybridized carbons (Fsp3) is 0.158. The molecule has 0 atom stereocenters. The number of benzene rings is 2. The van der Waals surface area contributed by atoms with E-state index in [0.717, 1.165) is 16.9 Å². The van der Waals surface area contributed by atoms with E-state index in [-0.39, 0.29) is 29.7 Å². The molecular formula is C19H15Cl2FN2O2S. The number of hydrogen-bond acceptors (Lipinski definition) is 3. The summed E-state index contributed by atoms with van der Waals surface area (Å²) in [5, 5.41) is 3.60. The van der Waals surface area contributed by atoms with Crippen LogP contribution < -0.4 is 10.2 Å². The minimum Gasteiger partial charge on any atom is -0.347 e. The van der Waals surface area contributed by atoms with Crippen molar-refractivity contribution in [3.63, 3.8) is 0 Å². The van der Waals surface area contributed by atoms with Gasteiger partial charge in [0.15, 0.2) is 0 Å². The lowest BCUT2D eigenvalue weighted by atomic mass is 10.2. The number of amides is 1. The largest absolute Gasteiger partial charge is 0.347 e. The van der Waals surface area contributed by atoms with E-state index in [1.54, 1.807) is 43.3 Å². The molecule has 3 rings (SSSR count). The summed E-state index contributed by atoms with van der Waals surface area (Å²) in [6.45, 7) is 2.00. The van der Waals surface area contributed by atoms with Crippen molar-refractivity contribution >= 4 is 40.4 Å². The minimum atomic E-state index is -0.388. The van der Waals surface area contributed by atoms with Gasteiger partial charge in [0.05, 0.1) is 16.6 Å². The van der Waals surface area contributed by atoms with Gasteiger partial charge in [0.1, 0.15) is 10.7 Å². The minimum absolute atomic E-state index is 0.0773.